The zero-order valence-electron chi connectivity index (χ0n) is 12.4. The number of methoxy groups -OCH3 is 1. The summed E-state index contributed by atoms with van der Waals surface area (Å²) in [6.45, 7) is 2.08. The highest BCUT2D eigenvalue weighted by molar-refractivity contribution is 5.82. The van der Waals surface area contributed by atoms with E-state index in [4.69, 9.17) is 0 Å². The van der Waals surface area contributed by atoms with Crippen molar-refractivity contribution < 1.29 is 13.5 Å². The molecule has 5 heteroatoms. The van der Waals surface area contributed by atoms with E-state index in [1.807, 2.05) is 24.3 Å². The second-order valence-corrected chi connectivity index (χ2v) is 4.60. The zero-order chi connectivity index (χ0) is 15.9. The van der Waals surface area contributed by atoms with E-state index in [9.17, 15) is 8.78 Å². The minimum absolute atomic E-state index is 0.272. The van der Waals surface area contributed by atoms with Crippen LogP contribution in [0, 0.1) is 11.6 Å². The van der Waals surface area contributed by atoms with Crippen LogP contribution in [0.25, 0.3) is 0 Å². The van der Waals surface area contributed by atoms with Crippen molar-refractivity contribution in [3.63, 3.8) is 0 Å². The summed E-state index contributed by atoms with van der Waals surface area (Å²) in [4.78, 5) is 0. The highest BCUT2D eigenvalue weighted by Crippen LogP contribution is 2.21. The maximum absolute atomic E-state index is 13.5. The Bertz CT molecular complexity index is 671. The Morgan fingerprint density at radius 2 is 1.50 bits per heavy atom. The number of rotatable bonds is 5. The number of hydrogen-bond donors (Lipinski definition) is 0. The fourth-order valence-corrected chi connectivity index (χ4v) is 1.89. The first kappa shape index (κ1) is 15.8. The van der Waals surface area contributed by atoms with Gasteiger partial charge in [0.1, 0.15) is 0 Å². The van der Waals surface area contributed by atoms with Crippen molar-refractivity contribution in [2.75, 3.05) is 7.11 Å². The van der Waals surface area contributed by atoms with Crippen molar-refractivity contribution in [2.45, 2.75) is 13.3 Å². The molecule has 2 rings (SSSR count). The van der Waals surface area contributed by atoms with Gasteiger partial charge in [-0.15, -0.1) is 0 Å². The molecular formula is C17H16F2N2O. The van der Waals surface area contributed by atoms with Crippen molar-refractivity contribution in [3.8, 4) is 5.75 Å². The third-order valence-corrected chi connectivity index (χ3v) is 3.09. The maximum atomic E-state index is 13.5. The van der Waals surface area contributed by atoms with Crippen LogP contribution in [0.5, 0.6) is 5.75 Å². The van der Waals surface area contributed by atoms with Crippen molar-refractivity contribution in [2.24, 2.45) is 10.2 Å². The summed E-state index contributed by atoms with van der Waals surface area (Å²) in [5.74, 6) is -1.96. The molecule has 0 aliphatic rings. The van der Waals surface area contributed by atoms with Crippen LogP contribution in [-0.4, -0.2) is 19.5 Å². The molecule has 0 bridgehead atoms. The number of halogens is 2. The normalized spacial score (nSPS) is 11.5. The number of nitrogens with zero attached hydrogens (tertiary/aromatic N) is 2. The van der Waals surface area contributed by atoms with E-state index in [1.54, 1.807) is 6.21 Å². The van der Waals surface area contributed by atoms with Crippen molar-refractivity contribution in [3.05, 3.63) is 64.7 Å². The fraction of sp³-hybridized carbons (Fsp3) is 0.176. The summed E-state index contributed by atoms with van der Waals surface area (Å²) >= 11 is 0. The third-order valence-electron chi connectivity index (χ3n) is 3.09. The summed E-state index contributed by atoms with van der Waals surface area (Å²) in [6, 6.07) is 10.2. The topological polar surface area (TPSA) is 34.0 Å². The molecule has 0 unspecified atom stereocenters. The van der Waals surface area contributed by atoms with Crippen LogP contribution in [0.3, 0.4) is 0 Å². The van der Waals surface area contributed by atoms with E-state index in [0.29, 0.717) is 0 Å². The highest BCUT2D eigenvalue weighted by Gasteiger charge is 2.10. The molecule has 22 heavy (non-hydrogen) atoms. The van der Waals surface area contributed by atoms with Gasteiger partial charge in [0.15, 0.2) is 17.4 Å². The predicted octanol–water partition coefficient (Wildman–Crippen LogP) is 3.99. The molecule has 2 aromatic carbocycles. The van der Waals surface area contributed by atoms with Crippen LogP contribution >= 0.6 is 0 Å². The molecule has 114 valence electrons. The van der Waals surface area contributed by atoms with Gasteiger partial charge in [-0.3, -0.25) is 0 Å². The van der Waals surface area contributed by atoms with Gasteiger partial charge in [0.25, 0.3) is 0 Å². The maximum Gasteiger partial charge on any atom is 0.190 e. The zero-order valence-corrected chi connectivity index (χ0v) is 12.4. The van der Waals surface area contributed by atoms with E-state index >= 15 is 0 Å². The molecule has 3 nitrogen and oxygen atoms in total. The number of aryl methyl sites for hydroxylation is 1. The van der Waals surface area contributed by atoms with Crippen LogP contribution in [0.4, 0.5) is 8.78 Å². The third kappa shape index (κ3) is 3.97. The molecule has 0 atom stereocenters. The minimum atomic E-state index is -0.775. The Hall–Kier alpha value is -2.56. The molecule has 0 aromatic heterocycles. The van der Waals surface area contributed by atoms with Gasteiger partial charge < -0.3 is 4.74 Å². The number of ether oxygens (including phenoxy) is 1. The predicted molar refractivity (Wildman–Crippen MR) is 83.9 cm³/mol. The Morgan fingerprint density at radius 1 is 0.955 bits per heavy atom. The molecule has 2 aromatic rings. The van der Waals surface area contributed by atoms with Crippen LogP contribution in [0.1, 0.15) is 23.6 Å². The quantitative estimate of drug-likeness (QED) is 0.607. The second kappa shape index (κ2) is 7.45. The summed E-state index contributed by atoms with van der Waals surface area (Å²) in [6.07, 6.45) is 3.83. The van der Waals surface area contributed by atoms with E-state index in [-0.39, 0.29) is 5.56 Å². The largest absolute Gasteiger partial charge is 0.491 e. The van der Waals surface area contributed by atoms with Crippen molar-refractivity contribution in [1.82, 2.24) is 0 Å². The standard InChI is InChI=1S/C17H16F2N2O/c1-3-12-4-6-13(7-5-12)10-20-21-11-14-8-15(18)17(22-2)16(19)9-14/h4-11H,3H2,1-2H3. The van der Waals surface area contributed by atoms with Gasteiger partial charge in [-0.25, -0.2) is 8.78 Å². The van der Waals surface area contributed by atoms with Crippen molar-refractivity contribution in [1.29, 1.82) is 0 Å². The molecule has 0 N–H and O–H groups in total. The minimum Gasteiger partial charge on any atom is -0.491 e. The van der Waals surface area contributed by atoms with Gasteiger partial charge in [0.05, 0.1) is 19.5 Å². The van der Waals surface area contributed by atoms with Gasteiger partial charge in [0, 0.05) is 5.56 Å². The summed E-state index contributed by atoms with van der Waals surface area (Å²) in [7, 11) is 1.21. The summed E-state index contributed by atoms with van der Waals surface area (Å²) < 4.78 is 31.6. The number of hydrogen-bond acceptors (Lipinski definition) is 3. The molecule has 0 fully saturated rings. The van der Waals surface area contributed by atoms with Crippen LogP contribution in [0.15, 0.2) is 46.6 Å². The molecule has 0 amide bonds. The van der Waals surface area contributed by atoms with Gasteiger partial charge in [-0.2, -0.15) is 10.2 Å². The van der Waals surface area contributed by atoms with E-state index in [1.165, 1.54) is 18.9 Å². The molecule has 0 saturated carbocycles. The average molecular weight is 302 g/mol. The molecule has 0 aliphatic heterocycles. The molecule has 0 heterocycles. The lowest BCUT2D eigenvalue weighted by Crippen LogP contribution is -1.95. The Morgan fingerprint density at radius 3 is 2.00 bits per heavy atom. The fourth-order valence-electron chi connectivity index (χ4n) is 1.89. The van der Waals surface area contributed by atoms with Crippen LogP contribution in [0.2, 0.25) is 0 Å². The van der Waals surface area contributed by atoms with Gasteiger partial charge in [0.2, 0.25) is 0 Å². The lowest BCUT2D eigenvalue weighted by molar-refractivity contribution is 0.360. The Labute approximate surface area is 128 Å². The summed E-state index contributed by atoms with van der Waals surface area (Å²) in [5, 5.41) is 7.65. The second-order valence-electron chi connectivity index (χ2n) is 4.60. The number of benzene rings is 2. The van der Waals surface area contributed by atoms with Gasteiger partial charge in [-0.05, 0) is 29.7 Å². The van der Waals surface area contributed by atoms with Crippen molar-refractivity contribution >= 4 is 12.4 Å². The Kier molecular flexibility index (Phi) is 5.36. The van der Waals surface area contributed by atoms with E-state index in [2.05, 4.69) is 21.9 Å². The molecule has 0 radical (unpaired) electrons. The lowest BCUT2D eigenvalue weighted by atomic mass is 10.1. The molecule has 0 aliphatic carbocycles. The Balaban J connectivity index is 2.07. The SMILES string of the molecule is CCc1ccc(C=NN=Cc2cc(F)c(OC)c(F)c2)cc1. The first-order valence-corrected chi connectivity index (χ1v) is 6.82. The molecule has 0 saturated heterocycles. The van der Waals surface area contributed by atoms with Gasteiger partial charge >= 0.3 is 0 Å². The summed E-state index contributed by atoms with van der Waals surface area (Å²) in [5.41, 5.74) is 2.42. The average Bonchev–Trinajstić information content (AvgIpc) is 2.52. The monoisotopic (exact) mass is 302 g/mol. The molecule has 0 spiro atoms. The smallest absolute Gasteiger partial charge is 0.190 e. The first-order chi connectivity index (χ1) is 10.6. The van der Waals surface area contributed by atoms with E-state index in [0.717, 1.165) is 24.1 Å². The highest BCUT2D eigenvalue weighted by atomic mass is 19.1. The van der Waals surface area contributed by atoms with Crippen LogP contribution < -0.4 is 4.74 Å². The van der Waals surface area contributed by atoms with Crippen LogP contribution in [-0.2, 0) is 6.42 Å². The van der Waals surface area contributed by atoms with Gasteiger partial charge in [-0.1, -0.05) is 31.2 Å². The lowest BCUT2D eigenvalue weighted by Gasteiger charge is -2.03. The first-order valence-electron chi connectivity index (χ1n) is 6.82. The van der Waals surface area contributed by atoms with E-state index < -0.39 is 17.4 Å². The molecular weight excluding hydrogens is 286 g/mol.